The SMILES string of the molecule is CN(C(=O)c1ccncc1)c1cccnc1. The average Bonchev–Trinajstić information content (AvgIpc) is 2.39. The van der Waals surface area contributed by atoms with Gasteiger partial charge in [0, 0.05) is 31.2 Å². The van der Waals surface area contributed by atoms with E-state index in [0.29, 0.717) is 5.56 Å². The molecule has 0 N–H and O–H groups in total. The van der Waals surface area contributed by atoms with Crippen LogP contribution in [0.5, 0.6) is 0 Å². The first-order valence-corrected chi connectivity index (χ1v) is 4.87. The summed E-state index contributed by atoms with van der Waals surface area (Å²) in [5, 5.41) is 0. The third-order valence-corrected chi connectivity index (χ3v) is 2.27. The average molecular weight is 213 g/mol. The Bertz CT molecular complexity index is 470. The Morgan fingerprint density at radius 1 is 1.12 bits per heavy atom. The highest BCUT2D eigenvalue weighted by atomic mass is 16.2. The Morgan fingerprint density at radius 3 is 2.50 bits per heavy atom. The maximum absolute atomic E-state index is 12.0. The molecule has 4 heteroatoms. The second-order valence-electron chi connectivity index (χ2n) is 3.31. The summed E-state index contributed by atoms with van der Waals surface area (Å²) in [7, 11) is 1.72. The summed E-state index contributed by atoms with van der Waals surface area (Å²) in [4.78, 5) is 21.4. The number of carbonyl (C=O) groups is 1. The maximum Gasteiger partial charge on any atom is 0.258 e. The molecule has 0 saturated carbocycles. The molecule has 2 rings (SSSR count). The first kappa shape index (κ1) is 10.3. The molecule has 4 nitrogen and oxygen atoms in total. The van der Waals surface area contributed by atoms with E-state index in [1.165, 1.54) is 0 Å². The van der Waals surface area contributed by atoms with Crippen molar-refractivity contribution in [1.29, 1.82) is 0 Å². The van der Waals surface area contributed by atoms with Gasteiger partial charge < -0.3 is 4.90 Å². The highest BCUT2D eigenvalue weighted by Gasteiger charge is 2.12. The van der Waals surface area contributed by atoms with E-state index in [1.54, 1.807) is 54.9 Å². The lowest BCUT2D eigenvalue weighted by atomic mass is 10.2. The minimum absolute atomic E-state index is 0.0737. The van der Waals surface area contributed by atoms with Gasteiger partial charge >= 0.3 is 0 Å². The molecule has 2 aromatic rings. The molecule has 0 unspecified atom stereocenters. The first-order valence-electron chi connectivity index (χ1n) is 4.87. The first-order chi connectivity index (χ1) is 7.79. The summed E-state index contributed by atoms with van der Waals surface area (Å²) >= 11 is 0. The van der Waals surface area contributed by atoms with Crippen molar-refractivity contribution in [3.05, 3.63) is 54.6 Å². The second kappa shape index (κ2) is 4.53. The molecule has 0 radical (unpaired) electrons. The topological polar surface area (TPSA) is 46.1 Å². The van der Waals surface area contributed by atoms with Gasteiger partial charge in [-0.1, -0.05) is 0 Å². The number of rotatable bonds is 2. The van der Waals surface area contributed by atoms with Gasteiger partial charge in [-0.3, -0.25) is 14.8 Å². The number of pyridine rings is 2. The maximum atomic E-state index is 12.0. The molecule has 80 valence electrons. The molecule has 0 spiro atoms. The van der Waals surface area contributed by atoms with Crippen molar-refractivity contribution in [3.63, 3.8) is 0 Å². The quantitative estimate of drug-likeness (QED) is 0.763. The minimum atomic E-state index is -0.0737. The van der Waals surface area contributed by atoms with Gasteiger partial charge in [0.2, 0.25) is 0 Å². The molecule has 0 bridgehead atoms. The van der Waals surface area contributed by atoms with Crippen molar-refractivity contribution in [2.24, 2.45) is 0 Å². The standard InChI is InChI=1S/C12H11N3O/c1-15(11-3-2-6-14-9-11)12(16)10-4-7-13-8-5-10/h2-9H,1H3. The Morgan fingerprint density at radius 2 is 1.88 bits per heavy atom. The molecule has 16 heavy (non-hydrogen) atoms. The molecule has 0 atom stereocenters. The van der Waals surface area contributed by atoms with Gasteiger partial charge in [0.1, 0.15) is 0 Å². The fraction of sp³-hybridized carbons (Fsp3) is 0.0833. The fourth-order valence-corrected chi connectivity index (χ4v) is 1.36. The number of anilines is 1. The van der Waals surface area contributed by atoms with E-state index in [4.69, 9.17) is 0 Å². The smallest absolute Gasteiger partial charge is 0.258 e. The lowest BCUT2D eigenvalue weighted by Crippen LogP contribution is -2.26. The van der Waals surface area contributed by atoms with Crippen LogP contribution in [0.15, 0.2) is 49.1 Å². The number of amides is 1. The van der Waals surface area contributed by atoms with Crippen LogP contribution >= 0.6 is 0 Å². The van der Waals surface area contributed by atoms with Gasteiger partial charge in [-0.05, 0) is 24.3 Å². The van der Waals surface area contributed by atoms with E-state index >= 15 is 0 Å². The van der Waals surface area contributed by atoms with Crippen LogP contribution in [-0.2, 0) is 0 Å². The van der Waals surface area contributed by atoms with Crippen LogP contribution < -0.4 is 4.90 Å². The Kier molecular flexibility index (Phi) is 2.91. The zero-order chi connectivity index (χ0) is 11.4. The molecule has 0 aliphatic rings. The predicted octanol–water partition coefficient (Wildman–Crippen LogP) is 1.75. The summed E-state index contributed by atoms with van der Waals surface area (Å²) in [5.74, 6) is -0.0737. The van der Waals surface area contributed by atoms with Crippen molar-refractivity contribution in [3.8, 4) is 0 Å². The lowest BCUT2D eigenvalue weighted by Gasteiger charge is -2.16. The van der Waals surface area contributed by atoms with Crippen LogP contribution in [0.2, 0.25) is 0 Å². The van der Waals surface area contributed by atoms with Gasteiger partial charge in [-0.15, -0.1) is 0 Å². The van der Waals surface area contributed by atoms with E-state index in [1.807, 2.05) is 6.07 Å². The van der Waals surface area contributed by atoms with Crippen LogP contribution in [0, 0.1) is 0 Å². The molecule has 2 aromatic heterocycles. The zero-order valence-corrected chi connectivity index (χ0v) is 8.87. The largest absolute Gasteiger partial charge is 0.310 e. The van der Waals surface area contributed by atoms with Crippen LogP contribution in [0.3, 0.4) is 0 Å². The highest BCUT2D eigenvalue weighted by molar-refractivity contribution is 6.05. The molecular weight excluding hydrogens is 202 g/mol. The van der Waals surface area contributed by atoms with E-state index in [-0.39, 0.29) is 5.91 Å². The van der Waals surface area contributed by atoms with Crippen molar-refractivity contribution in [1.82, 2.24) is 9.97 Å². The van der Waals surface area contributed by atoms with Gasteiger partial charge in [0.15, 0.2) is 0 Å². The fourth-order valence-electron chi connectivity index (χ4n) is 1.36. The summed E-state index contributed by atoms with van der Waals surface area (Å²) in [5.41, 5.74) is 1.38. The van der Waals surface area contributed by atoms with Crippen molar-refractivity contribution >= 4 is 11.6 Å². The lowest BCUT2D eigenvalue weighted by molar-refractivity contribution is 0.0993. The number of nitrogens with zero attached hydrogens (tertiary/aromatic N) is 3. The number of hydrogen-bond acceptors (Lipinski definition) is 3. The van der Waals surface area contributed by atoms with Gasteiger partial charge in [-0.25, -0.2) is 0 Å². The molecule has 0 aromatic carbocycles. The molecular formula is C12H11N3O. The van der Waals surface area contributed by atoms with Crippen molar-refractivity contribution in [2.45, 2.75) is 0 Å². The summed E-state index contributed by atoms with van der Waals surface area (Å²) in [6, 6.07) is 7.02. The molecule has 0 saturated heterocycles. The monoisotopic (exact) mass is 213 g/mol. The van der Waals surface area contributed by atoms with Crippen LogP contribution in [0.1, 0.15) is 10.4 Å². The Hall–Kier alpha value is -2.23. The summed E-state index contributed by atoms with van der Waals surface area (Å²) in [6.07, 6.45) is 6.53. The van der Waals surface area contributed by atoms with Crippen LogP contribution in [-0.4, -0.2) is 22.9 Å². The molecule has 0 aliphatic heterocycles. The van der Waals surface area contributed by atoms with Crippen molar-refractivity contribution < 1.29 is 4.79 Å². The third kappa shape index (κ3) is 2.06. The molecule has 0 fully saturated rings. The van der Waals surface area contributed by atoms with Gasteiger partial charge in [0.05, 0.1) is 11.9 Å². The predicted molar refractivity (Wildman–Crippen MR) is 61.2 cm³/mol. The van der Waals surface area contributed by atoms with E-state index in [2.05, 4.69) is 9.97 Å². The normalized spacial score (nSPS) is 9.81. The third-order valence-electron chi connectivity index (χ3n) is 2.27. The van der Waals surface area contributed by atoms with Gasteiger partial charge in [-0.2, -0.15) is 0 Å². The number of hydrogen-bond donors (Lipinski definition) is 0. The summed E-state index contributed by atoms with van der Waals surface area (Å²) in [6.45, 7) is 0. The van der Waals surface area contributed by atoms with Crippen LogP contribution in [0.25, 0.3) is 0 Å². The zero-order valence-electron chi connectivity index (χ0n) is 8.87. The molecule has 1 amide bonds. The van der Waals surface area contributed by atoms with Gasteiger partial charge in [0.25, 0.3) is 5.91 Å². The highest BCUT2D eigenvalue weighted by Crippen LogP contribution is 2.12. The minimum Gasteiger partial charge on any atom is -0.310 e. The summed E-state index contributed by atoms with van der Waals surface area (Å²) < 4.78 is 0. The van der Waals surface area contributed by atoms with E-state index in [0.717, 1.165) is 5.69 Å². The number of carbonyl (C=O) groups excluding carboxylic acids is 1. The van der Waals surface area contributed by atoms with Crippen LogP contribution in [0.4, 0.5) is 5.69 Å². The number of aromatic nitrogens is 2. The Balaban J connectivity index is 2.24. The van der Waals surface area contributed by atoms with Crippen molar-refractivity contribution in [2.75, 3.05) is 11.9 Å². The van der Waals surface area contributed by atoms with E-state index < -0.39 is 0 Å². The Labute approximate surface area is 93.6 Å². The second-order valence-corrected chi connectivity index (χ2v) is 3.31. The molecule has 2 heterocycles. The van der Waals surface area contributed by atoms with E-state index in [9.17, 15) is 4.79 Å². The molecule has 0 aliphatic carbocycles.